The zero-order valence-electron chi connectivity index (χ0n) is 11.7. The van der Waals surface area contributed by atoms with Crippen molar-refractivity contribution in [1.82, 2.24) is 0 Å². The van der Waals surface area contributed by atoms with Crippen molar-refractivity contribution in [2.45, 2.75) is 53.3 Å². The number of hydrogen-bond donors (Lipinski definition) is 0. The lowest BCUT2D eigenvalue weighted by molar-refractivity contribution is 0.194. The highest BCUT2D eigenvalue weighted by molar-refractivity contribution is 6.70. The third-order valence-electron chi connectivity index (χ3n) is 2.91. The van der Waals surface area contributed by atoms with Crippen LogP contribution in [0.5, 0.6) is 0 Å². The van der Waals surface area contributed by atoms with Crippen LogP contribution in [0.4, 0.5) is 0 Å². The molecule has 0 saturated heterocycles. The van der Waals surface area contributed by atoms with Gasteiger partial charge >= 0.3 is 0 Å². The third-order valence-corrected chi connectivity index (χ3v) is 3.78. The van der Waals surface area contributed by atoms with Crippen molar-refractivity contribution in [3.63, 3.8) is 0 Å². The molecule has 1 rings (SSSR count). The van der Waals surface area contributed by atoms with Gasteiger partial charge in [-0.15, -0.1) is 6.58 Å². The molecule has 1 atom stereocenters. The molecule has 0 fully saturated rings. The van der Waals surface area contributed by atoms with Crippen LogP contribution in [0.2, 0.25) is 19.6 Å². The van der Waals surface area contributed by atoms with Gasteiger partial charge in [-0.2, -0.15) is 0 Å². The Morgan fingerprint density at radius 3 is 2.31 bits per heavy atom. The Bertz CT molecular complexity index is 309. The summed E-state index contributed by atoms with van der Waals surface area (Å²) in [6.45, 7) is 17.5. The van der Waals surface area contributed by atoms with Crippen molar-refractivity contribution in [2.75, 3.05) is 0 Å². The van der Waals surface area contributed by atoms with Crippen molar-refractivity contribution < 1.29 is 4.43 Å². The second kappa shape index (κ2) is 4.06. The molecule has 0 spiro atoms. The molecule has 0 aromatic heterocycles. The molecule has 0 unspecified atom stereocenters. The van der Waals surface area contributed by atoms with Crippen molar-refractivity contribution in [2.24, 2.45) is 10.8 Å². The summed E-state index contributed by atoms with van der Waals surface area (Å²) in [5, 5.41) is 0. The van der Waals surface area contributed by atoms with E-state index in [4.69, 9.17) is 4.43 Å². The molecule has 0 aromatic rings. The average molecular weight is 238 g/mol. The summed E-state index contributed by atoms with van der Waals surface area (Å²) in [5.41, 5.74) is 0.406. The smallest absolute Gasteiger partial charge is 0.241 e. The molecule has 0 radical (unpaired) electrons. The summed E-state index contributed by atoms with van der Waals surface area (Å²) >= 11 is 0. The highest BCUT2D eigenvalue weighted by Gasteiger charge is 2.36. The standard InChI is InChI=1S/C14H26OSi/c1-8-14(4)10-12(15-16(5,6)7)9-13(2,3)11-14/h8,10H,1,9,11H2,2-7H3/t14-/m1/s1. The van der Waals surface area contributed by atoms with Gasteiger partial charge in [-0.05, 0) is 37.6 Å². The molecule has 92 valence electrons. The number of allylic oxidation sites excluding steroid dienone is 3. The summed E-state index contributed by atoms with van der Waals surface area (Å²) in [5.74, 6) is 1.18. The fourth-order valence-electron chi connectivity index (χ4n) is 2.63. The molecule has 0 amide bonds. The van der Waals surface area contributed by atoms with E-state index in [9.17, 15) is 0 Å². The van der Waals surface area contributed by atoms with E-state index >= 15 is 0 Å². The molecule has 1 aliphatic carbocycles. The van der Waals surface area contributed by atoms with Gasteiger partial charge in [0.15, 0.2) is 0 Å². The first kappa shape index (κ1) is 13.6. The summed E-state index contributed by atoms with van der Waals surface area (Å²) < 4.78 is 6.16. The molecule has 0 bridgehead atoms. The fourth-order valence-corrected chi connectivity index (χ4v) is 3.54. The van der Waals surface area contributed by atoms with Gasteiger partial charge in [0.2, 0.25) is 8.32 Å². The summed E-state index contributed by atoms with van der Waals surface area (Å²) in [6.07, 6.45) is 6.55. The predicted molar refractivity (Wildman–Crippen MR) is 73.8 cm³/mol. The van der Waals surface area contributed by atoms with E-state index in [0.29, 0.717) is 5.41 Å². The van der Waals surface area contributed by atoms with Crippen molar-refractivity contribution in [1.29, 1.82) is 0 Å². The molecule has 1 aliphatic rings. The van der Waals surface area contributed by atoms with Gasteiger partial charge in [0.1, 0.15) is 0 Å². The van der Waals surface area contributed by atoms with Crippen LogP contribution in [0.25, 0.3) is 0 Å². The van der Waals surface area contributed by atoms with Gasteiger partial charge in [0.05, 0.1) is 5.76 Å². The van der Waals surface area contributed by atoms with Gasteiger partial charge in [0, 0.05) is 11.8 Å². The van der Waals surface area contributed by atoms with Crippen LogP contribution in [-0.2, 0) is 4.43 Å². The first-order valence-electron chi connectivity index (χ1n) is 6.10. The Hall–Kier alpha value is -0.503. The van der Waals surface area contributed by atoms with Crippen LogP contribution in [0, 0.1) is 10.8 Å². The zero-order chi connectivity index (χ0) is 12.6. The molecule has 0 N–H and O–H groups in total. The third kappa shape index (κ3) is 3.82. The Kier molecular flexibility index (Phi) is 3.44. The number of rotatable bonds is 3. The van der Waals surface area contributed by atoms with E-state index in [1.54, 1.807) is 0 Å². The Morgan fingerprint density at radius 2 is 1.88 bits per heavy atom. The van der Waals surface area contributed by atoms with Gasteiger partial charge < -0.3 is 4.43 Å². The van der Waals surface area contributed by atoms with Gasteiger partial charge in [0.25, 0.3) is 0 Å². The van der Waals surface area contributed by atoms with E-state index < -0.39 is 8.32 Å². The zero-order valence-corrected chi connectivity index (χ0v) is 12.7. The SMILES string of the molecule is C=C[C@]1(C)C=C(O[Si](C)(C)C)CC(C)(C)C1. The maximum Gasteiger partial charge on any atom is 0.241 e. The highest BCUT2D eigenvalue weighted by Crippen LogP contribution is 2.46. The topological polar surface area (TPSA) is 9.23 Å². The number of hydrogen-bond acceptors (Lipinski definition) is 1. The molecule has 0 aliphatic heterocycles. The van der Waals surface area contributed by atoms with Crippen LogP contribution in [0.3, 0.4) is 0 Å². The van der Waals surface area contributed by atoms with Crippen molar-refractivity contribution >= 4 is 8.32 Å². The first-order valence-corrected chi connectivity index (χ1v) is 9.50. The van der Waals surface area contributed by atoms with Crippen LogP contribution in [0.1, 0.15) is 33.6 Å². The quantitative estimate of drug-likeness (QED) is 0.510. The van der Waals surface area contributed by atoms with Crippen LogP contribution in [-0.4, -0.2) is 8.32 Å². The summed E-state index contributed by atoms with van der Waals surface area (Å²) in [7, 11) is -1.49. The minimum absolute atomic E-state index is 0.0940. The highest BCUT2D eigenvalue weighted by atomic mass is 28.4. The second-order valence-electron chi connectivity index (χ2n) is 7.05. The van der Waals surface area contributed by atoms with Crippen LogP contribution < -0.4 is 0 Å². The van der Waals surface area contributed by atoms with Gasteiger partial charge in [-0.3, -0.25) is 0 Å². The summed E-state index contributed by atoms with van der Waals surface area (Å²) in [6, 6.07) is 0. The molecule has 0 aromatic carbocycles. The van der Waals surface area contributed by atoms with E-state index in [2.05, 4.69) is 59.1 Å². The van der Waals surface area contributed by atoms with E-state index in [-0.39, 0.29) is 5.41 Å². The fraction of sp³-hybridized carbons (Fsp3) is 0.714. The van der Waals surface area contributed by atoms with Crippen LogP contribution in [0.15, 0.2) is 24.5 Å². The first-order chi connectivity index (χ1) is 7.05. The van der Waals surface area contributed by atoms with E-state index in [1.807, 2.05) is 0 Å². The average Bonchev–Trinajstić information content (AvgIpc) is 1.96. The van der Waals surface area contributed by atoms with Gasteiger partial charge in [-0.1, -0.05) is 26.8 Å². The second-order valence-corrected chi connectivity index (χ2v) is 11.5. The molecule has 1 nitrogen and oxygen atoms in total. The van der Waals surface area contributed by atoms with E-state index in [0.717, 1.165) is 12.8 Å². The maximum atomic E-state index is 6.16. The lowest BCUT2D eigenvalue weighted by atomic mass is 9.68. The normalized spacial score (nSPS) is 29.5. The molecule has 0 saturated carbocycles. The lowest BCUT2D eigenvalue weighted by Crippen LogP contribution is -2.33. The predicted octanol–water partition coefficient (Wildman–Crippen LogP) is 4.73. The Balaban J connectivity index is 2.96. The summed E-state index contributed by atoms with van der Waals surface area (Å²) in [4.78, 5) is 0. The van der Waals surface area contributed by atoms with Gasteiger partial charge in [-0.25, -0.2) is 0 Å². The maximum absolute atomic E-state index is 6.16. The molecule has 2 heteroatoms. The van der Waals surface area contributed by atoms with Crippen LogP contribution >= 0.6 is 0 Å². The Morgan fingerprint density at radius 1 is 1.31 bits per heavy atom. The minimum Gasteiger partial charge on any atom is -0.548 e. The Labute approximate surface area is 102 Å². The molecular formula is C14H26OSi. The molecule has 0 heterocycles. The van der Waals surface area contributed by atoms with E-state index in [1.165, 1.54) is 5.76 Å². The lowest BCUT2D eigenvalue weighted by Gasteiger charge is -2.41. The van der Waals surface area contributed by atoms with Crippen molar-refractivity contribution in [3.8, 4) is 0 Å². The molecular weight excluding hydrogens is 212 g/mol. The molecule has 16 heavy (non-hydrogen) atoms. The monoisotopic (exact) mass is 238 g/mol. The largest absolute Gasteiger partial charge is 0.548 e. The minimum atomic E-state index is -1.49. The van der Waals surface area contributed by atoms with Crippen molar-refractivity contribution in [3.05, 3.63) is 24.5 Å².